The van der Waals surface area contributed by atoms with Crippen LogP contribution in [0.4, 0.5) is 13.2 Å². The molecule has 10 heteroatoms. The normalized spacial score (nSPS) is 14.2. The van der Waals surface area contributed by atoms with E-state index in [0.29, 0.717) is 0 Å². The largest absolute Gasteiger partial charge is 0.406 e. The van der Waals surface area contributed by atoms with E-state index in [-0.39, 0.29) is 24.0 Å². The molecule has 0 aliphatic heterocycles. The number of hydrogen-bond acceptors (Lipinski definition) is 4. The summed E-state index contributed by atoms with van der Waals surface area (Å²) in [5.41, 5.74) is 1.78. The molecule has 3 aromatic rings. The Bertz CT molecular complexity index is 1010. The van der Waals surface area contributed by atoms with E-state index >= 15 is 0 Å². The number of rotatable bonds is 6. The summed E-state index contributed by atoms with van der Waals surface area (Å²) >= 11 is 0. The summed E-state index contributed by atoms with van der Waals surface area (Å²) in [6.45, 7) is -1.22. The lowest BCUT2D eigenvalue weighted by Gasteiger charge is -2.18. The molecule has 0 atom stereocenters. The highest BCUT2D eigenvalue weighted by atomic mass is 19.4. The number of carbonyl (C=O) groups is 1. The van der Waals surface area contributed by atoms with Crippen LogP contribution in [-0.4, -0.2) is 48.6 Å². The maximum absolute atomic E-state index is 13.0. The van der Waals surface area contributed by atoms with Gasteiger partial charge >= 0.3 is 6.18 Å². The van der Waals surface area contributed by atoms with Crippen molar-refractivity contribution < 1.29 is 18.0 Å². The number of benzene rings is 1. The number of amides is 1. The molecule has 0 bridgehead atoms. The molecule has 0 N–H and O–H groups in total. The molecule has 1 amide bonds. The lowest BCUT2D eigenvalue weighted by molar-refractivity contribution is -0.141. The first-order chi connectivity index (χ1) is 13.8. The summed E-state index contributed by atoms with van der Waals surface area (Å²) in [5, 5.41) is 8.26. The number of halogens is 3. The number of aromatic nitrogens is 5. The summed E-state index contributed by atoms with van der Waals surface area (Å²) in [7, 11) is 1.52. The number of hydrogen-bond donors (Lipinski definition) is 0. The predicted octanol–water partition coefficient (Wildman–Crippen LogP) is 3.18. The highest BCUT2D eigenvalue weighted by molar-refractivity contribution is 5.93. The highest BCUT2D eigenvalue weighted by Gasteiger charge is 2.35. The van der Waals surface area contributed by atoms with Gasteiger partial charge in [-0.15, -0.1) is 5.10 Å². The lowest BCUT2D eigenvalue weighted by atomic mass is 10.2. The van der Waals surface area contributed by atoms with E-state index in [1.165, 1.54) is 24.3 Å². The molecule has 0 radical (unpaired) electrons. The van der Waals surface area contributed by atoms with Crippen molar-refractivity contribution in [2.24, 2.45) is 0 Å². The quantitative estimate of drug-likeness (QED) is 0.633. The fraction of sp³-hybridized carbons (Fsp3) is 0.368. The smallest absolute Gasteiger partial charge is 0.333 e. The second kappa shape index (κ2) is 7.34. The summed E-state index contributed by atoms with van der Waals surface area (Å²) in [5.74, 6) is -0.0398. The van der Waals surface area contributed by atoms with Crippen LogP contribution in [0.2, 0.25) is 0 Å². The average Bonchev–Trinajstić information content (AvgIpc) is 3.29. The third-order valence-corrected chi connectivity index (χ3v) is 4.75. The molecule has 2 heterocycles. The Morgan fingerprint density at radius 2 is 1.97 bits per heavy atom. The Kier molecular flexibility index (Phi) is 4.85. The molecule has 4 rings (SSSR count). The van der Waals surface area contributed by atoms with Gasteiger partial charge in [0.15, 0.2) is 5.69 Å². The van der Waals surface area contributed by atoms with Crippen LogP contribution in [0.25, 0.3) is 5.69 Å². The van der Waals surface area contributed by atoms with Crippen molar-refractivity contribution in [3.05, 3.63) is 59.9 Å². The van der Waals surface area contributed by atoms with Gasteiger partial charge < -0.3 is 9.47 Å². The summed E-state index contributed by atoms with van der Waals surface area (Å²) < 4.78 is 40.8. The number of nitrogens with zero attached hydrogens (tertiary/aromatic N) is 6. The maximum Gasteiger partial charge on any atom is 0.406 e. The fourth-order valence-electron chi connectivity index (χ4n) is 3.22. The molecule has 29 heavy (non-hydrogen) atoms. The second-order valence-corrected chi connectivity index (χ2v) is 7.09. The average molecular weight is 404 g/mol. The van der Waals surface area contributed by atoms with Crippen LogP contribution < -0.4 is 0 Å². The summed E-state index contributed by atoms with van der Waals surface area (Å²) in [6, 6.07) is 9.41. The number of imidazole rings is 1. The minimum absolute atomic E-state index is 0.0653. The standard InChI is InChI=1S/C19H19F3N6O/c1-26(11-15-23-9-10-27(15)12-19(20,21)22)18(29)16-17(13-7-8-13)28(25-24-16)14-5-3-2-4-6-14/h2-6,9-10,13H,7-8,11-12H2,1H3. The van der Waals surface area contributed by atoms with Gasteiger partial charge in [-0.05, 0) is 25.0 Å². The van der Waals surface area contributed by atoms with Gasteiger partial charge in [0.25, 0.3) is 5.91 Å². The maximum atomic E-state index is 13.0. The van der Waals surface area contributed by atoms with Crippen LogP contribution >= 0.6 is 0 Å². The first-order valence-corrected chi connectivity index (χ1v) is 9.17. The molecule has 1 aliphatic rings. The number of carbonyl (C=O) groups excluding carboxylic acids is 1. The van der Waals surface area contributed by atoms with Crippen LogP contribution in [0.1, 0.15) is 40.8 Å². The zero-order chi connectivity index (χ0) is 20.6. The third-order valence-electron chi connectivity index (χ3n) is 4.75. The van der Waals surface area contributed by atoms with Gasteiger partial charge in [0, 0.05) is 25.4 Å². The Morgan fingerprint density at radius 3 is 2.62 bits per heavy atom. The fourth-order valence-corrected chi connectivity index (χ4v) is 3.22. The van der Waals surface area contributed by atoms with Crippen molar-refractivity contribution in [3.8, 4) is 5.69 Å². The number of para-hydroxylation sites is 1. The van der Waals surface area contributed by atoms with E-state index in [9.17, 15) is 18.0 Å². The number of alkyl halides is 3. The highest BCUT2D eigenvalue weighted by Crippen LogP contribution is 2.42. The van der Waals surface area contributed by atoms with Crippen molar-refractivity contribution in [1.82, 2.24) is 29.4 Å². The molecule has 1 aromatic carbocycles. The molecule has 2 aromatic heterocycles. The Hall–Kier alpha value is -3.17. The Morgan fingerprint density at radius 1 is 1.24 bits per heavy atom. The van der Waals surface area contributed by atoms with Crippen LogP contribution in [-0.2, 0) is 13.1 Å². The summed E-state index contributed by atoms with van der Waals surface area (Å²) in [6.07, 6.45) is 0.0685. The van der Waals surface area contributed by atoms with Gasteiger partial charge in [0.05, 0.1) is 17.9 Å². The molecular weight excluding hydrogens is 385 g/mol. The zero-order valence-corrected chi connectivity index (χ0v) is 15.7. The van der Waals surface area contributed by atoms with Crippen LogP contribution in [0.3, 0.4) is 0 Å². The molecule has 1 fully saturated rings. The summed E-state index contributed by atoms with van der Waals surface area (Å²) in [4.78, 5) is 18.3. The van der Waals surface area contributed by atoms with Crippen molar-refractivity contribution >= 4 is 5.91 Å². The molecule has 1 aliphatic carbocycles. The molecule has 0 spiro atoms. The van der Waals surface area contributed by atoms with Gasteiger partial charge in [-0.3, -0.25) is 4.79 Å². The Balaban J connectivity index is 1.58. The predicted molar refractivity (Wildman–Crippen MR) is 97.4 cm³/mol. The van der Waals surface area contributed by atoms with Crippen molar-refractivity contribution in [1.29, 1.82) is 0 Å². The van der Waals surface area contributed by atoms with E-state index in [2.05, 4.69) is 15.3 Å². The van der Waals surface area contributed by atoms with Gasteiger partial charge in [0.2, 0.25) is 0 Å². The second-order valence-electron chi connectivity index (χ2n) is 7.09. The monoisotopic (exact) mass is 404 g/mol. The van der Waals surface area contributed by atoms with Gasteiger partial charge in [-0.1, -0.05) is 23.4 Å². The van der Waals surface area contributed by atoms with E-state index in [1.807, 2.05) is 30.3 Å². The Labute approximate surface area is 164 Å². The molecule has 0 saturated heterocycles. The van der Waals surface area contributed by atoms with E-state index in [0.717, 1.165) is 28.8 Å². The van der Waals surface area contributed by atoms with E-state index in [1.54, 1.807) is 4.68 Å². The molecule has 7 nitrogen and oxygen atoms in total. The van der Waals surface area contributed by atoms with Crippen molar-refractivity contribution in [2.45, 2.75) is 38.0 Å². The van der Waals surface area contributed by atoms with Crippen LogP contribution in [0, 0.1) is 0 Å². The third kappa shape index (κ3) is 4.15. The zero-order valence-electron chi connectivity index (χ0n) is 15.7. The van der Waals surface area contributed by atoms with E-state index < -0.39 is 18.6 Å². The molecule has 152 valence electrons. The minimum Gasteiger partial charge on any atom is -0.333 e. The molecule has 1 saturated carbocycles. The van der Waals surface area contributed by atoms with Gasteiger partial charge in [-0.25, -0.2) is 9.67 Å². The SMILES string of the molecule is CN(Cc1nccn1CC(F)(F)F)C(=O)c1nnn(-c2ccccc2)c1C1CC1. The lowest BCUT2D eigenvalue weighted by Crippen LogP contribution is -2.30. The van der Waals surface area contributed by atoms with Crippen LogP contribution in [0.15, 0.2) is 42.7 Å². The molecular formula is C19H19F3N6O. The van der Waals surface area contributed by atoms with Gasteiger partial charge in [-0.2, -0.15) is 13.2 Å². The first kappa shape index (κ1) is 19.2. The first-order valence-electron chi connectivity index (χ1n) is 9.17. The van der Waals surface area contributed by atoms with E-state index in [4.69, 9.17) is 0 Å². The topological polar surface area (TPSA) is 68.8 Å². The van der Waals surface area contributed by atoms with Crippen molar-refractivity contribution in [2.75, 3.05) is 7.05 Å². The van der Waals surface area contributed by atoms with Crippen LogP contribution in [0.5, 0.6) is 0 Å². The van der Waals surface area contributed by atoms with Crippen molar-refractivity contribution in [3.63, 3.8) is 0 Å². The molecule has 0 unspecified atom stereocenters. The minimum atomic E-state index is -4.37. The van der Waals surface area contributed by atoms with Gasteiger partial charge in [0.1, 0.15) is 12.4 Å².